The first kappa shape index (κ1) is 30.0. The van der Waals surface area contributed by atoms with E-state index in [1.54, 1.807) is 23.1 Å². The molecule has 0 fully saturated rings. The van der Waals surface area contributed by atoms with Crippen LogP contribution >= 0.6 is 39.1 Å². The van der Waals surface area contributed by atoms with Gasteiger partial charge in [-0.05, 0) is 73.7 Å². The summed E-state index contributed by atoms with van der Waals surface area (Å²) in [5.74, 6) is 0.0381. The Morgan fingerprint density at radius 1 is 1.03 bits per heavy atom. The summed E-state index contributed by atoms with van der Waals surface area (Å²) in [6, 6.07) is 17.7. The largest absolute Gasteiger partial charge is 0.484 e. The number of carbonyl (C=O) groups is 2. The molecule has 0 radical (unpaired) electrons. The van der Waals surface area contributed by atoms with E-state index in [9.17, 15) is 9.59 Å². The van der Waals surface area contributed by atoms with Gasteiger partial charge in [0, 0.05) is 33.5 Å². The number of nitrogens with one attached hydrogen (secondary N) is 1. The molecule has 2 amide bonds. The molecule has 0 saturated carbocycles. The van der Waals surface area contributed by atoms with Crippen LogP contribution in [0.25, 0.3) is 0 Å². The molecular formula is C30H33BrCl2N2O3. The van der Waals surface area contributed by atoms with E-state index in [4.69, 9.17) is 27.9 Å². The molecule has 3 aromatic carbocycles. The number of halogens is 3. The first-order valence-corrected chi connectivity index (χ1v) is 14.1. The molecule has 3 rings (SSSR count). The summed E-state index contributed by atoms with van der Waals surface area (Å²) in [5, 5.41) is 3.98. The van der Waals surface area contributed by atoms with Gasteiger partial charge in [0.05, 0.1) is 0 Å². The maximum Gasteiger partial charge on any atom is 0.261 e. The van der Waals surface area contributed by atoms with Crippen molar-refractivity contribution in [1.82, 2.24) is 10.2 Å². The number of aryl methyl sites for hydroxylation is 2. The average Bonchev–Trinajstić information content (AvgIpc) is 2.89. The molecule has 5 nitrogen and oxygen atoms in total. The van der Waals surface area contributed by atoms with Crippen LogP contribution in [0.4, 0.5) is 0 Å². The Morgan fingerprint density at radius 2 is 1.68 bits per heavy atom. The Morgan fingerprint density at radius 3 is 2.29 bits per heavy atom. The molecule has 0 bridgehead atoms. The smallest absolute Gasteiger partial charge is 0.261 e. The Hall–Kier alpha value is -2.54. The molecule has 8 heteroatoms. The van der Waals surface area contributed by atoms with Crippen LogP contribution in [-0.2, 0) is 22.6 Å². The van der Waals surface area contributed by atoms with Gasteiger partial charge in [-0.3, -0.25) is 9.59 Å². The number of nitrogens with zero attached hydrogens (tertiary/aromatic N) is 1. The summed E-state index contributed by atoms with van der Waals surface area (Å²) in [4.78, 5) is 28.9. The minimum Gasteiger partial charge on any atom is -0.484 e. The SMILES string of the molecule is CC[C@H](C)NC(=O)[C@@H](Cc1ccccc1)N(Cc1ccc(Cl)cc1Cl)C(=O)COc1cc(C)c(Br)c(C)c1. The van der Waals surface area contributed by atoms with Gasteiger partial charge >= 0.3 is 0 Å². The molecule has 2 atom stereocenters. The number of hydrogen-bond donors (Lipinski definition) is 1. The Kier molecular flexibility index (Phi) is 11.1. The van der Waals surface area contributed by atoms with E-state index in [0.29, 0.717) is 27.8 Å². The van der Waals surface area contributed by atoms with Gasteiger partial charge in [0.1, 0.15) is 11.8 Å². The van der Waals surface area contributed by atoms with Crippen LogP contribution in [-0.4, -0.2) is 35.4 Å². The van der Waals surface area contributed by atoms with Crippen LogP contribution in [0, 0.1) is 13.8 Å². The van der Waals surface area contributed by atoms with Gasteiger partial charge in [-0.15, -0.1) is 0 Å². The van der Waals surface area contributed by atoms with Gasteiger partial charge in [0.15, 0.2) is 6.61 Å². The number of rotatable bonds is 11. The fourth-order valence-electron chi connectivity index (χ4n) is 4.05. The van der Waals surface area contributed by atoms with Crippen molar-refractivity contribution in [3.8, 4) is 5.75 Å². The molecule has 38 heavy (non-hydrogen) atoms. The maximum atomic E-state index is 13.8. The zero-order valence-corrected chi connectivity index (χ0v) is 25.2. The Bertz CT molecular complexity index is 1250. The third kappa shape index (κ3) is 8.23. The average molecular weight is 620 g/mol. The summed E-state index contributed by atoms with van der Waals surface area (Å²) in [5.41, 5.74) is 3.64. The van der Waals surface area contributed by atoms with Crippen LogP contribution in [0.2, 0.25) is 10.0 Å². The highest BCUT2D eigenvalue weighted by Crippen LogP contribution is 2.27. The molecule has 0 aliphatic carbocycles. The van der Waals surface area contributed by atoms with E-state index in [0.717, 1.165) is 27.6 Å². The third-order valence-electron chi connectivity index (χ3n) is 6.40. The van der Waals surface area contributed by atoms with Crippen molar-refractivity contribution in [3.05, 3.63) is 97.4 Å². The van der Waals surface area contributed by atoms with Gasteiger partial charge < -0.3 is 15.0 Å². The van der Waals surface area contributed by atoms with Crippen LogP contribution in [0.15, 0.2) is 65.1 Å². The number of hydrogen-bond acceptors (Lipinski definition) is 3. The van der Waals surface area contributed by atoms with Crippen molar-refractivity contribution >= 4 is 50.9 Å². The number of ether oxygens (including phenoxy) is 1. The second-order valence-corrected chi connectivity index (χ2v) is 11.1. The molecule has 0 unspecified atom stereocenters. The molecule has 0 aromatic heterocycles. The van der Waals surface area contributed by atoms with E-state index in [1.165, 1.54) is 0 Å². The fourth-order valence-corrected chi connectivity index (χ4v) is 4.74. The van der Waals surface area contributed by atoms with Crippen molar-refractivity contribution in [2.45, 2.75) is 59.2 Å². The van der Waals surface area contributed by atoms with E-state index in [-0.39, 0.29) is 31.0 Å². The summed E-state index contributed by atoms with van der Waals surface area (Å²) in [6.07, 6.45) is 1.11. The summed E-state index contributed by atoms with van der Waals surface area (Å²) < 4.78 is 6.94. The normalized spacial score (nSPS) is 12.5. The second-order valence-electron chi connectivity index (χ2n) is 9.44. The molecule has 0 spiro atoms. The van der Waals surface area contributed by atoms with E-state index < -0.39 is 6.04 Å². The minimum atomic E-state index is -0.775. The quantitative estimate of drug-likeness (QED) is 0.245. The highest BCUT2D eigenvalue weighted by Gasteiger charge is 2.31. The number of benzene rings is 3. The molecule has 1 N–H and O–H groups in total. The van der Waals surface area contributed by atoms with Gasteiger partial charge in [0.25, 0.3) is 5.91 Å². The van der Waals surface area contributed by atoms with Crippen LogP contribution in [0.5, 0.6) is 5.75 Å². The Labute approximate surface area is 243 Å². The molecular weight excluding hydrogens is 587 g/mol. The van der Waals surface area contributed by atoms with E-state index in [1.807, 2.05) is 70.2 Å². The first-order chi connectivity index (χ1) is 18.1. The maximum absolute atomic E-state index is 13.8. The van der Waals surface area contributed by atoms with E-state index in [2.05, 4.69) is 21.2 Å². The molecule has 0 heterocycles. The molecule has 0 aliphatic heterocycles. The Balaban J connectivity index is 1.96. The van der Waals surface area contributed by atoms with Gasteiger partial charge in [0.2, 0.25) is 5.91 Å². The van der Waals surface area contributed by atoms with Crippen molar-refractivity contribution in [2.24, 2.45) is 0 Å². The summed E-state index contributed by atoms with van der Waals surface area (Å²) >= 11 is 16.2. The van der Waals surface area contributed by atoms with Crippen LogP contribution < -0.4 is 10.1 Å². The topological polar surface area (TPSA) is 58.6 Å². The first-order valence-electron chi connectivity index (χ1n) is 12.6. The molecule has 202 valence electrons. The number of carbonyl (C=O) groups excluding carboxylic acids is 2. The van der Waals surface area contributed by atoms with Crippen LogP contribution in [0.1, 0.15) is 42.5 Å². The highest BCUT2D eigenvalue weighted by molar-refractivity contribution is 9.10. The van der Waals surface area contributed by atoms with E-state index >= 15 is 0 Å². The fraction of sp³-hybridized carbons (Fsp3) is 0.333. The summed E-state index contributed by atoms with van der Waals surface area (Å²) in [6.45, 7) is 7.78. The molecule has 0 aliphatic rings. The highest BCUT2D eigenvalue weighted by atomic mass is 79.9. The zero-order valence-electron chi connectivity index (χ0n) is 22.1. The molecule has 3 aromatic rings. The van der Waals surface area contributed by atoms with Crippen molar-refractivity contribution in [1.29, 1.82) is 0 Å². The second kappa shape index (κ2) is 14.0. The monoisotopic (exact) mass is 618 g/mol. The van der Waals surface area contributed by atoms with Crippen molar-refractivity contribution in [3.63, 3.8) is 0 Å². The summed E-state index contributed by atoms with van der Waals surface area (Å²) in [7, 11) is 0. The van der Waals surface area contributed by atoms with Crippen LogP contribution in [0.3, 0.4) is 0 Å². The minimum absolute atomic E-state index is 0.0400. The standard InChI is InChI=1S/C30H33BrCl2N2O3/c1-5-21(4)34-30(37)27(15-22-9-7-6-8-10-22)35(17-23-11-12-24(32)16-26(23)33)28(36)18-38-25-13-19(2)29(31)20(3)14-25/h6-14,16,21,27H,5,15,17-18H2,1-4H3,(H,34,37)/t21-,27+/m0/s1. The zero-order chi connectivity index (χ0) is 27.8. The lowest BCUT2D eigenvalue weighted by atomic mass is 10.0. The van der Waals surface area contributed by atoms with Gasteiger partial charge in [-0.1, -0.05) is 82.5 Å². The lowest BCUT2D eigenvalue weighted by molar-refractivity contribution is -0.143. The predicted molar refractivity (Wildman–Crippen MR) is 158 cm³/mol. The van der Waals surface area contributed by atoms with Crippen molar-refractivity contribution < 1.29 is 14.3 Å². The third-order valence-corrected chi connectivity index (χ3v) is 8.24. The molecule has 0 saturated heterocycles. The van der Waals surface area contributed by atoms with Gasteiger partial charge in [-0.25, -0.2) is 0 Å². The van der Waals surface area contributed by atoms with Crippen molar-refractivity contribution in [2.75, 3.05) is 6.61 Å². The lowest BCUT2D eigenvalue weighted by Gasteiger charge is -2.32. The van der Waals surface area contributed by atoms with Gasteiger partial charge in [-0.2, -0.15) is 0 Å². The number of amides is 2. The lowest BCUT2D eigenvalue weighted by Crippen LogP contribution is -2.53. The predicted octanol–water partition coefficient (Wildman–Crippen LogP) is 7.31.